The lowest BCUT2D eigenvalue weighted by molar-refractivity contribution is -0.143. The molecule has 0 N–H and O–H groups in total. The summed E-state index contributed by atoms with van der Waals surface area (Å²) in [6.45, 7) is 1.49. The summed E-state index contributed by atoms with van der Waals surface area (Å²) < 4.78 is 57.2. The van der Waals surface area contributed by atoms with Crippen molar-refractivity contribution in [2.45, 2.75) is 38.8 Å². The highest BCUT2D eigenvalue weighted by Gasteiger charge is 2.27. The monoisotopic (exact) mass is 260 g/mol. The van der Waals surface area contributed by atoms with Crippen LogP contribution < -0.4 is 0 Å². The molecule has 0 saturated carbocycles. The highest BCUT2D eigenvalue weighted by Crippen LogP contribution is 2.21. The van der Waals surface area contributed by atoms with E-state index in [1.54, 1.807) is 0 Å². The number of alkyl halides is 3. The molecule has 0 aromatic heterocycles. The third-order valence-electron chi connectivity index (χ3n) is 2.04. The number of rotatable bonds is 7. The van der Waals surface area contributed by atoms with Crippen LogP contribution in [0, 0.1) is 0 Å². The molecule has 0 heterocycles. The molecular weight excluding hydrogens is 245 g/mol. The SMILES string of the molecule is CCS(=O)(=O)CCCC(=O)CCC(F)(F)F. The predicted octanol–water partition coefficient (Wildman–Crippen LogP) is 2.11. The van der Waals surface area contributed by atoms with E-state index in [-0.39, 0.29) is 24.3 Å². The zero-order valence-corrected chi connectivity index (χ0v) is 9.83. The molecule has 0 aliphatic heterocycles. The van der Waals surface area contributed by atoms with E-state index in [9.17, 15) is 26.4 Å². The molecule has 0 fully saturated rings. The predicted molar refractivity (Wildman–Crippen MR) is 53.9 cm³/mol. The van der Waals surface area contributed by atoms with Gasteiger partial charge in [0.1, 0.15) is 15.6 Å². The summed E-state index contributed by atoms with van der Waals surface area (Å²) in [7, 11) is -3.13. The van der Waals surface area contributed by atoms with Crippen LogP contribution in [0.1, 0.15) is 32.6 Å². The Bertz CT molecular complexity index is 319. The number of carbonyl (C=O) groups excluding carboxylic acids is 1. The second-order valence-corrected chi connectivity index (χ2v) is 5.97. The van der Waals surface area contributed by atoms with E-state index in [2.05, 4.69) is 0 Å². The minimum absolute atomic E-state index is 0.0102. The van der Waals surface area contributed by atoms with E-state index in [0.717, 1.165) is 0 Å². The number of hydrogen-bond donors (Lipinski definition) is 0. The van der Waals surface area contributed by atoms with E-state index >= 15 is 0 Å². The Balaban J connectivity index is 3.76. The number of hydrogen-bond acceptors (Lipinski definition) is 3. The van der Waals surface area contributed by atoms with Crippen LogP contribution in [0.3, 0.4) is 0 Å². The molecule has 16 heavy (non-hydrogen) atoms. The molecule has 0 unspecified atom stereocenters. The summed E-state index contributed by atoms with van der Waals surface area (Å²) in [6, 6.07) is 0. The molecule has 0 aromatic rings. The first-order valence-electron chi connectivity index (χ1n) is 4.95. The molecule has 0 spiro atoms. The van der Waals surface area contributed by atoms with Crippen molar-refractivity contribution in [3.8, 4) is 0 Å². The van der Waals surface area contributed by atoms with Crippen LogP contribution in [0.4, 0.5) is 13.2 Å². The lowest BCUT2D eigenvalue weighted by atomic mass is 10.1. The third kappa shape index (κ3) is 8.70. The van der Waals surface area contributed by atoms with Gasteiger partial charge in [0, 0.05) is 18.6 Å². The molecule has 96 valence electrons. The molecule has 0 saturated heterocycles. The molecule has 0 aliphatic carbocycles. The number of Topliss-reactive ketones (excluding diaryl/α,β-unsaturated/α-hetero) is 1. The number of sulfone groups is 1. The molecule has 0 aliphatic rings. The average Bonchev–Trinajstić information content (AvgIpc) is 2.13. The van der Waals surface area contributed by atoms with Gasteiger partial charge in [0.15, 0.2) is 0 Å². The van der Waals surface area contributed by atoms with Gasteiger partial charge in [-0.1, -0.05) is 6.92 Å². The normalized spacial score (nSPS) is 12.8. The summed E-state index contributed by atoms with van der Waals surface area (Å²) in [6.07, 6.45) is -6.02. The molecule has 0 atom stereocenters. The Hall–Kier alpha value is -0.590. The van der Waals surface area contributed by atoms with Gasteiger partial charge >= 0.3 is 6.18 Å². The first-order chi connectivity index (χ1) is 7.16. The summed E-state index contributed by atoms with van der Waals surface area (Å²) in [5.41, 5.74) is 0. The smallest absolute Gasteiger partial charge is 0.300 e. The Morgan fingerprint density at radius 1 is 1.19 bits per heavy atom. The molecule has 0 rings (SSSR count). The van der Waals surface area contributed by atoms with Gasteiger partial charge in [0.25, 0.3) is 0 Å². The fourth-order valence-corrected chi connectivity index (χ4v) is 1.91. The van der Waals surface area contributed by atoms with Crippen LogP contribution in [0.15, 0.2) is 0 Å². The Labute approximate surface area is 92.9 Å². The fraction of sp³-hybridized carbons (Fsp3) is 0.889. The van der Waals surface area contributed by atoms with Crippen molar-refractivity contribution in [3.05, 3.63) is 0 Å². The van der Waals surface area contributed by atoms with Crippen molar-refractivity contribution in [2.75, 3.05) is 11.5 Å². The topological polar surface area (TPSA) is 51.2 Å². The van der Waals surface area contributed by atoms with Crippen molar-refractivity contribution in [1.82, 2.24) is 0 Å². The molecule has 3 nitrogen and oxygen atoms in total. The van der Waals surface area contributed by atoms with Gasteiger partial charge in [-0.15, -0.1) is 0 Å². The molecule has 0 amide bonds. The zero-order valence-electron chi connectivity index (χ0n) is 9.01. The van der Waals surface area contributed by atoms with Crippen molar-refractivity contribution in [1.29, 1.82) is 0 Å². The van der Waals surface area contributed by atoms with Gasteiger partial charge in [-0.05, 0) is 6.42 Å². The maximum Gasteiger partial charge on any atom is 0.389 e. The highest BCUT2D eigenvalue weighted by atomic mass is 32.2. The van der Waals surface area contributed by atoms with Crippen molar-refractivity contribution < 1.29 is 26.4 Å². The summed E-state index contributed by atoms with van der Waals surface area (Å²) in [5, 5.41) is 0. The van der Waals surface area contributed by atoms with Crippen molar-refractivity contribution >= 4 is 15.6 Å². The maximum absolute atomic E-state index is 11.7. The molecule has 0 aromatic carbocycles. The van der Waals surface area contributed by atoms with Crippen molar-refractivity contribution in [2.24, 2.45) is 0 Å². The van der Waals surface area contributed by atoms with Gasteiger partial charge in [-0.3, -0.25) is 4.79 Å². The average molecular weight is 260 g/mol. The van der Waals surface area contributed by atoms with Gasteiger partial charge in [-0.25, -0.2) is 8.42 Å². The van der Waals surface area contributed by atoms with Gasteiger partial charge in [0.05, 0.1) is 12.2 Å². The molecule has 0 bridgehead atoms. The van der Waals surface area contributed by atoms with E-state index in [1.807, 2.05) is 0 Å². The molecule has 7 heteroatoms. The summed E-state index contributed by atoms with van der Waals surface area (Å²) >= 11 is 0. The van der Waals surface area contributed by atoms with E-state index in [4.69, 9.17) is 0 Å². The van der Waals surface area contributed by atoms with Crippen LogP contribution in [0.5, 0.6) is 0 Å². The standard InChI is InChI=1S/C9H15F3O3S/c1-2-16(14,15)7-3-4-8(13)5-6-9(10,11)12/h2-7H2,1H3. The minimum atomic E-state index is -4.33. The Kier molecular flexibility index (Phi) is 5.99. The first kappa shape index (κ1) is 15.4. The lowest BCUT2D eigenvalue weighted by Crippen LogP contribution is -2.13. The van der Waals surface area contributed by atoms with Crippen LogP contribution in [0.25, 0.3) is 0 Å². The molecule has 0 radical (unpaired) electrons. The van der Waals surface area contributed by atoms with Crippen molar-refractivity contribution in [3.63, 3.8) is 0 Å². The van der Waals surface area contributed by atoms with Gasteiger partial charge in [0.2, 0.25) is 0 Å². The first-order valence-corrected chi connectivity index (χ1v) is 6.77. The summed E-state index contributed by atoms with van der Waals surface area (Å²) in [4.78, 5) is 11.0. The van der Waals surface area contributed by atoms with E-state index < -0.39 is 34.6 Å². The maximum atomic E-state index is 11.7. The Morgan fingerprint density at radius 3 is 2.19 bits per heavy atom. The number of carbonyl (C=O) groups is 1. The summed E-state index contributed by atoms with van der Waals surface area (Å²) in [5.74, 6) is -0.686. The Morgan fingerprint density at radius 2 is 1.75 bits per heavy atom. The fourth-order valence-electron chi connectivity index (χ4n) is 1.04. The van der Waals surface area contributed by atoms with E-state index in [1.165, 1.54) is 6.92 Å². The lowest BCUT2D eigenvalue weighted by Gasteiger charge is -2.05. The van der Waals surface area contributed by atoms with Crippen LogP contribution >= 0.6 is 0 Å². The zero-order chi connectivity index (χ0) is 12.8. The number of ketones is 1. The van der Waals surface area contributed by atoms with Crippen LogP contribution in [-0.4, -0.2) is 31.9 Å². The second kappa shape index (κ2) is 6.22. The highest BCUT2D eigenvalue weighted by molar-refractivity contribution is 7.91. The third-order valence-corrected chi connectivity index (χ3v) is 3.83. The largest absolute Gasteiger partial charge is 0.389 e. The number of halogens is 3. The second-order valence-electron chi connectivity index (χ2n) is 3.49. The van der Waals surface area contributed by atoms with Gasteiger partial charge in [-0.2, -0.15) is 13.2 Å². The molecular formula is C9H15F3O3S. The van der Waals surface area contributed by atoms with Crippen LogP contribution in [-0.2, 0) is 14.6 Å². The van der Waals surface area contributed by atoms with E-state index in [0.29, 0.717) is 0 Å². The quantitative estimate of drug-likeness (QED) is 0.704. The minimum Gasteiger partial charge on any atom is -0.300 e. The van der Waals surface area contributed by atoms with Crippen LogP contribution in [0.2, 0.25) is 0 Å². The van der Waals surface area contributed by atoms with Gasteiger partial charge < -0.3 is 0 Å².